The molecule has 2 unspecified atom stereocenters. The first-order valence-corrected chi connectivity index (χ1v) is 20.5. The SMILES string of the molecule is CC/C=C\C/C=C\C/C=C\C/C=C\CCCCCCCCC(=O)OC(COC(=O)CCCCCCC/C=C\CCCC)COP(=O)(O)OC. The highest BCUT2D eigenvalue weighted by Gasteiger charge is 2.24. The number of hydrogen-bond donors (Lipinski definition) is 1. The summed E-state index contributed by atoms with van der Waals surface area (Å²) in [7, 11) is -3.21. The van der Waals surface area contributed by atoms with Gasteiger partial charge < -0.3 is 14.4 Å². The van der Waals surface area contributed by atoms with Crippen molar-refractivity contribution in [2.45, 2.75) is 161 Å². The van der Waals surface area contributed by atoms with E-state index in [9.17, 15) is 19.0 Å². The number of carbonyl (C=O) groups excluding carboxylic acids is 2. The van der Waals surface area contributed by atoms with E-state index in [-0.39, 0.29) is 25.4 Å². The summed E-state index contributed by atoms with van der Waals surface area (Å²) < 4.78 is 31.8. The molecule has 0 aromatic rings. The first-order chi connectivity index (χ1) is 23.8. The van der Waals surface area contributed by atoms with Crippen LogP contribution in [0.2, 0.25) is 0 Å². The van der Waals surface area contributed by atoms with Gasteiger partial charge in [-0.3, -0.25) is 18.6 Å². The second-order valence-electron chi connectivity index (χ2n) is 12.3. The van der Waals surface area contributed by atoms with Crippen LogP contribution in [0.25, 0.3) is 0 Å². The Kier molecular flexibility index (Phi) is 33.9. The Labute approximate surface area is 299 Å². The van der Waals surface area contributed by atoms with Gasteiger partial charge in [0, 0.05) is 20.0 Å². The molecule has 0 aromatic carbocycles. The zero-order valence-electron chi connectivity index (χ0n) is 31.1. The van der Waals surface area contributed by atoms with E-state index in [4.69, 9.17) is 14.0 Å². The molecule has 0 radical (unpaired) electrons. The molecule has 2 atom stereocenters. The average Bonchev–Trinajstić information content (AvgIpc) is 3.09. The van der Waals surface area contributed by atoms with Crippen molar-refractivity contribution in [1.29, 1.82) is 0 Å². The van der Waals surface area contributed by atoms with Gasteiger partial charge in [0.2, 0.25) is 0 Å². The van der Waals surface area contributed by atoms with Gasteiger partial charge >= 0.3 is 19.8 Å². The second kappa shape index (κ2) is 35.6. The summed E-state index contributed by atoms with van der Waals surface area (Å²) in [5.74, 6) is -0.838. The first-order valence-electron chi connectivity index (χ1n) is 19.0. The predicted molar refractivity (Wildman–Crippen MR) is 202 cm³/mol. The lowest BCUT2D eigenvalue weighted by atomic mass is 10.1. The van der Waals surface area contributed by atoms with Crippen molar-refractivity contribution < 1.29 is 37.6 Å². The number of rotatable bonds is 34. The van der Waals surface area contributed by atoms with Gasteiger partial charge in [-0.1, -0.05) is 132 Å². The predicted octanol–water partition coefficient (Wildman–Crippen LogP) is 11.6. The standard InChI is InChI=1S/C40H69O8P/c1-4-6-8-10-12-14-16-17-18-19-20-21-22-23-25-27-29-31-33-35-40(42)48-38(37-47-49(43,44)45-3)36-46-39(41)34-32-30-28-26-24-15-13-11-9-7-5-2/h6,8,11-14,17-18,20-21,38H,4-5,7,9-10,15-16,19,22-37H2,1-3H3,(H,43,44)/b8-6-,13-11-,14-12-,18-17-,21-20-. The fraction of sp³-hybridized carbons (Fsp3) is 0.700. The maximum atomic E-state index is 12.5. The van der Waals surface area contributed by atoms with Crippen LogP contribution in [0.5, 0.6) is 0 Å². The van der Waals surface area contributed by atoms with Crippen molar-refractivity contribution in [3.8, 4) is 0 Å². The summed E-state index contributed by atoms with van der Waals surface area (Å²) in [5, 5.41) is 0. The minimum absolute atomic E-state index is 0.224. The van der Waals surface area contributed by atoms with Crippen LogP contribution in [-0.4, -0.2) is 43.3 Å². The number of ether oxygens (including phenoxy) is 2. The van der Waals surface area contributed by atoms with Crippen LogP contribution < -0.4 is 0 Å². The summed E-state index contributed by atoms with van der Waals surface area (Å²) in [5.41, 5.74) is 0. The van der Waals surface area contributed by atoms with E-state index in [2.05, 4.69) is 79.1 Å². The third-order valence-corrected chi connectivity index (χ3v) is 8.68. The molecule has 8 nitrogen and oxygen atoms in total. The Morgan fingerprint density at radius 3 is 1.57 bits per heavy atom. The molecule has 0 bridgehead atoms. The summed E-state index contributed by atoms with van der Waals surface area (Å²) in [6.07, 6.45) is 42.7. The smallest absolute Gasteiger partial charge is 0.462 e. The molecule has 0 spiro atoms. The fourth-order valence-corrected chi connectivity index (χ4v) is 5.26. The minimum Gasteiger partial charge on any atom is -0.462 e. The lowest BCUT2D eigenvalue weighted by Gasteiger charge is -2.19. The van der Waals surface area contributed by atoms with Crippen molar-refractivity contribution in [2.75, 3.05) is 20.3 Å². The van der Waals surface area contributed by atoms with E-state index in [0.29, 0.717) is 6.42 Å². The minimum atomic E-state index is -4.26. The molecule has 0 saturated heterocycles. The van der Waals surface area contributed by atoms with Gasteiger partial charge in [0.25, 0.3) is 0 Å². The summed E-state index contributed by atoms with van der Waals surface area (Å²) in [4.78, 5) is 34.3. The molecule has 0 aliphatic carbocycles. The lowest BCUT2D eigenvalue weighted by molar-refractivity contribution is -0.161. The molecule has 1 N–H and O–H groups in total. The highest BCUT2D eigenvalue weighted by molar-refractivity contribution is 7.47. The van der Waals surface area contributed by atoms with E-state index >= 15 is 0 Å². The van der Waals surface area contributed by atoms with Crippen molar-refractivity contribution in [3.05, 3.63) is 60.8 Å². The van der Waals surface area contributed by atoms with Gasteiger partial charge in [-0.15, -0.1) is 0 Å². The van der Waals surface area contributed by atoms with Crippen LogP contribution in [0, 0.1) is 0 Å². The number of hydrogen-bond acceptors (Lipinski definition) is 7. The molecular formula is C40H69O8P. The molecular weight excluding hydrogens is 639 g/mol. The van der Waals surface area contributed by atoms with Crippen LogP contribution in [-0.2, 0) is 32.7 Å². The third-order valence-electron chi connectivity index (χ3n) is 7.75. The molecule has 0 aliphatic rings. The molecule has 0 rings (SSSR count). The van der Waals surface area contributed by atoms with Gasteiger partial charge in [0.15, 0.2) is 6.10 Å². The van der Waals surface area contributed by atoms with Crippen LogP contribution in [0.1, 0.15) is 155 Å². The monoisotopic (exact) mass is 708 g/mol. The van der Waals surface area contributed by atoms with Crippen molar-refractivity contribution in [3.63, 3.8) is 0 Å². The van der Waals surface area contributed by atoms with Gasteiger partial charge in [-0.05, 0) is 70.6 Å². The van der Waals surface area contributed by atoms with Gasteiger partial charge in [-0.2, -0.15) is 0 Å². The third kappa shape index (κ3) is 35.4. The quantitative estimate of drug-likeness (QED) is 0.0304. The molecule has 282 valence electrons. The lowest BCUT2D eigenvalue weighted by Crippen LogP contribution is -2.29. The van der Waals surface area contributed by atoms with Crippen LogP contribution in [0.4, 0.5) is 0 Å². The zero-order chi connectivity index (χ0) is 36.1. The molecule has 0 fully saturated rings. The second-order valence-corrected chi connectivity index (χ2v) is 13.9. The van der Waals surface area contributed by atoms with E-state index in [1.807, 2.05) is 0 Å². The summed E-state index contributed by atoms with van der Waals surface area (Å²) in [6, 6.07) is 0. The highest BCUT2D eigenvalue weighted by Crippen LogP contribution is 2.42. The molecule has 0 aromatic heterocycles. The number of phosphoric ester groups is 1. The van der Waals surface area contributed by atoms with Crippen LogP contribution in [0.3, 0.4) is 0 Å². The van der Waals surface area contributed by atoms with E-state index in [1.165, 1.54) is 12.8 Å². The van der Waals surface area contributed by atoms with Gasteiger partial charge in [-0.25, -0.2) is 4.57 Å². The van der Waals surface area contributed by atoms with Gasteiger partial charge in [0.1, 0.15) is 6.61 Å². The number of carbonyl (C=O) groups is 2. The molecule has 49 heavy (non-hydrogen) atoms. The fourth-order valence-electron chi connectivity index (χ4n) is 4.80. The van der Waals surface area contributed by atoms with E-state index < -0.39 is 26.5 Å². The topological polar surface area (TPSA) is 108 Å². The first kappa shape index (κ1) is 46.8. The average molecular weight is 709 g/mol. The summed E-state index contributed by atoms with van der Waals surface area (Å²) >= 11 is 0. The normalized spacial score (nSPS) is 14.1. The maximum Gasteiger partial charge on any atom is 0.472 e. The molecule has 0 saturated carbocycles. The van der Waals surface area contributed by atoms with Crippen molar-refractivity contribution >= 4 is 19.8 Å². The number of unbranched alkanes of at least 4 members (excludes halogenated alkanes) is 13. The highest BCUT2D eigenvalue weighted by atomic mass is 31.2. The van der Waals surface area contributed by atoms with Crippen molar-refractivity contribution in [1.82, 2.24) is 0 Å². The Bertz CT molecular complexity index is 985. The number of esters is 2. The van der Waals surface area contributed by atoms with Gasteiger partial charge in [0.05, 0.1) is 6.61 Å². The Hall–Kier alpha value is -2.25. The molecule has 0 heterocycles. The van der Waals surface area contributed by atoms with Crippen molar-refractivity contribution in [2.24, 2.45) is 0 Å². The molecule has 0 amide bonds. The largest absolute Gasteiger partial charge is 0.472 e. The molecule has 0 aliphatic heterocycles. The molecule has 9 heteroatoms. The number of phosphoric acid groups is 1. The Balaban J connectivity index is 4.09. The number of allylic oxidation sites excluding steroid dienone is 10. The Morgan fingerprint density at radius 1 is 0.592 bits per heavy atom. The Morgan fingerprint density at radius 2 is 1.04 bits per heavy atom. The van der Waals surface area contributed by atoms with Crippen LogP contribution >= 0.6 is 7.82 Å². The van der Waals surface area contributed by atoms with E-state index in [0.717, 1.165) is 116 Å². The summed E-state index contributed by atoms with van der Waals surface area (Å²) in [6.45, 7) is 3.69. The zero-order valence-corrected chi connectivity index (χ0v) is 32.0. The van der Waals surface area contributed by atoms with Crippen LogP contribution in [0.15, 0.2) is 60.8 Å². The van der Waals surface area contributed by atoms with E-state index in [1.54, 1.807) is 0 Å². The maximum absolute atomic E-state index is 12.5.